The Morgan fingerprint density at radius 2 is 1.66 bits per heavy atom. The number of anilines is 6. The molecule has 1 saturated heterocycles. The average Bonchev–Trinajstić information content (AvgIpc) is 2.90. The number of rotatable bonds is 7. The van der Waals surface area contributed by atoms with Crippen molar-refractivity contribution in [2.75, 3.05) is 66.4 Å². The van der Waals surface area contributed by atoms with Gasteiger partial charge in [-0.15, -0.1) is 0 Å². The van der Waals surface area contributed by atoms with E-state index in [1.54, 1.807) is 24.5 Å². The molecule has 2 aromatic carbocycles. The lowest BCUT2D eigenvalue weighted by molar-refractivity contribution is 0.313. The van der Waals surface area contributed by atoms with Gasteiger partial charge in [0.05, 0.1) is 21.9 Å². The Morgan fingerprint density at radius 3 is 2.37 bits per heavy atom. The third-order valence-corrected chi connectivity index (χ3v) is 8.17. The molecule has 0 spiro atoms. The fourth-order valence-corrected chi connectivity index (χ4v) is 5.01. The minimum absolute atomic E-state index is 0.373. The summed E-state index contributed by atoms with van der Waals surface area (Å²) >= 11 is 3.50. The van der Waals surface area contributed by atoms with Gasteiger partial charge in [-0.1, -0.05) is 0 Å². The van der Waals surface area contributed by atoms with Crippen LogP contribution < -0.4 is 19.8 Å². The first-order valence-corrected chi connectivity index (χ1v) is 14.6. The summed E-state index contributed by atoms with van der Waals surface area (Å²) in [7, 11) is 0.0546. The topological polar surface area (TPSA) is 119 Å². The van der Waals surface area contributed by atoms with Gasteiger partial charge in [0.25, 0.3) is 0 Å². The molecule has 0 bridgehead atoms. The molecule has 1 aliphatic heterocycles. The molecular formula is C25H28BrN9O2S. The molecule has 0 amide bonds. The van der Waals surface area contributed by atoms with Crippen LogP contribution in [0.1, 0.15) is 0 Å². The number of hydrogen-bond acceptors (Lipinski definition) is 10. The molecule has 5 rings (SSSR count). The summed E-state index contributed by atoms with van der Waals surface area (Å²) in [5, 5.41) is 6.49. The highest BCUT2D eigenvalue weighted by molar-refractivity contribution is 9.10. The predicted molar refractivity (Wildman–Crippen MR) is 155 cm³/mol. The van der Waals surface area contributed by atoms with E-state index >= 15 is 0 Å². The van der Waals surface area contributed by atoms with Gasteiger partial charge in [0, 0.05) is 63.2 Å². The Morgan fingerprint density at radius 1 is 0.947 bits per heavy atom. The summed E-state index contributed by atoms with van der Waals surface area (Å²) < 4.78 is 26.7. The molecule has 38 heavy (non-hydrogen) atoms. The van der Waals surface area contributed by atoms with Gasteiger partial charge in [-0.2, -0.15) is 4.98 Å². The summed E-state index contributed by atoms with van der Waals surface area (Å²) in [5.74, 6) is 0.851. The van der Waals surface area contributed by atoms with Crippen molar-refractivity contribution in [2.45, 2.75) is 0 Å². The maximum absolute atomic E-state index is 12.4. The lowest BCUT2D eigenvalue weighted by Crippen LogP contribution is -2.44. The molecule has 2 N–H and O–H groups in total. The van der Waals surface area contributed by atoms with E-state index < -0.39 is 10.0 Å². The molecule has 0 saturated carbocycles. The van der Waals surface area contributed by atoms with Crippen LogP contribution in [0.2, 0.25) is 0 Å². The van der Waals surface area contributed by atoms with Crippen molar-refractivity contribution in [1.29, 1.82) is 0 Å². The number of piperazine rings is 1. The van der Waals surface area contributed by atoms with Gasteiger partial charge < -0.3 is 20.4 Å². The van der Waals surface area contributed by atoms with E-state index in [0.717, 1.165) is 38.1 Å². The molecule has 11 nitrogen and oxygen atoms in total. The molecule has 2 aromatic heterocycles. The molecule has 198 valence electrons. The van der Waals surface area contributed by atoms with Crippen molar-refractivity contribution in [3.05, 3.63) is 59.5 Å². The smallest absolute Gasteiger partial charge is 0.232 e. The Kier molecular flexibility index (Phi) is 7.32. The van der Waals surface area contributed by atoms with Crippen LogP contribution >= 0.6 is 15.9 Å². The first kappa shape index (κ1) is 26.1. The lowest BCUT2D eigenvalue weighted by atomic mass is 10.2. The number of halogens is 1. The molecule has 4 aromatic rings. The van der Waals surface area contributed by atoms with Crippen molar-refractivity contribution < 1.29 is 8.42 Å². The number of fused-ring (bicyclic) bond motifs is 1. The van der Waals surface area contributed by atoms with E-state index in [0.29, 0.717) is 38.6 Å². The number of aromatic nitrogens is 4. The first-order valence-electron chi connectivity index (χ1n) is 12.0. The summed E-state index contributed by atoms with van der Waals surface area (Å²) in [4.78, 5) is 22.4. The fraction of sp³-hybridized carbons (Fsp3) is 0.280. The van der Waals surface area contributed by atoms with E-state index in [9.17, 15) is 8.42 Å². The molecule has 1 aliphatic rings. The molecule has 0 unspecified atom stereocenters. The van der Waals surface area contributed by atoms with Crippen LogP contribution in [0.3, 0.4) is 0 Å². The number of sulfonamides is 1. The Labute approximate surface area is 230 Å². The summed E-state index contributed by atoms with van der Waals surface area (Å²) in [6, 6.07) is 11.7. The second-order valence-corrected chi connectivity index (χ2v) is 12.0. The van der Waals surface area contributed by atoms with Gasteiger partial charge in [0.2, 0.25) is 16.0 Å². The highest BCUT2D eigenvalue weighted by atomic mass is 79.9. The molecule has 3 heterocycles. The predicted octanol–water partition coefficient (Wildman–Crippen LogP) is 3.82. The molecule has 0 aliphatic carbocycles. The van der Waals surface area contributed by atoms with Crippen molar-refractivity contribution in [2.24, 2.45) is 0 Å². The van der Waals surface area contributed by atoms with E-state index in [4.69, 9.17) is 0 Å². The van der Waals surface area contributed by atoms with Gasteiger partial charge in [0.15, 0.2) is 0 Å². The van der Waals surface area contributed by atoms with E-state index in [2.05, 4.69) is 75.5 Å². The maximum Gasteiger partial charge on any atom is 0.232 e. The molecule has 1 fully saturated rings. The number of likely N-dealkylation sites (N-methyl/N-ethyl adjacent to an activating group) is 1. The van der Waals surface area contributed by atoms with Crippen molar-refractivity contribution >= 4 is 71.5 Å². The van der Waals surface area contributed by atoms with Gasteiger partial charge in [-0.25, -0.2) is 13.4 Å². The van der Waals surface area contributed by atoms with Gasteiger partial charge in [0.1, 0.15) is 17.0 Å². The first-order chi connectivity index (χ1) is 18.2. The van der Waals surface area contributed by atoms with Crippen molar-refractivity contribution in [3.8, 4) is 0 Å². The van der Waals surface area contributed by atoms with Crippen LogP contribution in [0.4, 0.5) is 34.5 Å². The van der Waals surface area contributed by atoms with Crippen LogP contribution in [0.25, 0.3) is 11.0 Å². The largest absolute Gasteiger partial charge is 0.369 e. The zero-order valence-electron chi connectivity index (χ0n) is 21.3. The third kappa shape index (κ3) is 5.64. The van der Waals surface area contributed by atoms with Crippen LogP contribution in [-0.4, -0.2) is 79.8 Å². The molecule has 0 radical (unpaired) electrons. The third-order valence-electron chi connectivity index (χ3n) is 6.42. The van der Waals surface area contributed by atoms with Crippen molar-refractivity contribution in [3.63, 3.8) is 0 Å². The van der Waals surface area contributed by atoms with E-state index in [-0.39, 0.29) is 0 Å². The zero-order valence-corrected chi connectivity index (χ0v) is 23.7. The molecule has 13 heteroatoms. The average molecular weight is 599 g/mol. The number of nitrogens with zero attached hydrogens (tertiary/aromatic N) is 7. The molecule has 0 atom stereocenters. The van der Waals surface area contributed by atoms with Gasteiger partial charge in [-0.3, -0.25) is 14.3 Å². The van der Waals surface area contributed by atoms with Crippen molar-refractivity contribution in [1.82, 2.24) is 24.8 Å². The standard InChI is InChI=1S/C25H28BrN9O2S/c1-33-12-14-35(15-13-33)18-6-4-17(5-7-18)30-25-29-16-19(26)24(32-25)31-21-9-8-20-22(28-11-10-27-20)23(21)34(2)38(3,36)37/h4-11,16H,12-15H2,1-3H3,(H2,29,30,31,32). The second-order valence-electron chi connectivity index (χ2n) is 9.09. The Balaban J connectivity index is 1.40. The van der Waals surface area contributed by atoms with Crippen LogP contribution in [0.15, 0.2) is 59.5 Å². The normalized spacial score (nSPS) is 14.5. The van der Waals surface area contributed by atoms with Gasteiger partial charge >= 0.3 is 0 Å². The summed E-state index contributed by atoms with van der Waals surface area (Å²) in [6.45, 7) is 4.11. The van der Waals surface area contributed by atoms with Crippen LogP contribution in [0, 0.1) is 0 Å². The fourth-order valence-electron chi connectivity index (χ4n) is 4.20. The van der Waals surface area contributed by atoms with Crippen LogP contribution in [-0.2, 0) is 10.0 Å². The molecular weight excluding hydrogens is 570 g/mol. The minimum Gasteiger partial charge on any atom is -0.369 e. The maximum atomic E-state index is 12.4. The number of hydrogen-bond donors (Lipinski definition) is 2. The van der Waals surface area contributed by atoms with E-state index in [1.807, 2.05) is 12.1 Å². The minimum atomic E-state index is -3.57. The Hall–Kier alpha value is -3.55. The second kappa shape index (κ2) is 10.7. The monoisotopic (exact) mass is 597 g/mol. The van der Waals surface area contributed by atoms with E-state index in [1.165, 1.54) is 23.2 Å². The SMILES string of the molecule is CN1CCN(c2ccc(Nc3ncc(Br)c(Nc4ccc5nccnc5c4N(C)S(C)(=O)=O)n3)cc2)CC1. The van der Waals surface area contributed by atoms with Gasteiger partial charge in [-0.05, 0) is 59.4 Å². The highest BCUT2D eigenvalue weighted by Crippen LogP contribution is 2.36. The van der Waals surface area contributed by atoms with Crippen LogP contribution in [0.5, 0.6) is 0 Å². The highest BCUT2D eigenvalue weighted by Gasteiger charge is 2.21. The Bertz CT molecular complexity index is 1560. The lowest BCUT2D eigenvalue weighted by Gasteiger charge is -2.34. The summed E-state index contributed by atoms with van der Waals surface area (Å²) in [6.07, 6.45) is 5.88. The number of nitrogens with one attached hydrogen (secondary N) is 2. The zero-order chi connectivity index (χ0) is 26.9. The quantitative estimate of drug-likeness (QED) is 0.325. The summed E-state index contributed by atoms with van der Waals surface area (Å²) in [5.41, 5.74) is 3.95. The number of benzene rings is 2.